The molecule has 1 heterocycles. The lowest BCUT2D eigenvalue weighted by Gasteiger charge is -2.17. The number of para-hydroxylation sites is 1. The molecule has 1 aromatic heterocycles. The lowest BCUT2D eigenvalue weighted by atomic mass is 9.98. The lowest BCUT2D eigenvalue weighted by molar-refractivity contribution is 0.0696. The van der Waals surface area contributed by atoms with Gasteiger partial charge in [0, 0.05) is 11.9 Å². The van der Waals surface area contributed by atoms with Crippen LogP contribution in [0.4, 0.5) is 11.5 Å². The largest absolute Gasteiger partial charge is 0.478 e. The Bertz CT molecular complexity index is 684. The van der Waals surface area contributed by atoms with Crippen molar-refractivity contribution in [3.05, 3.63) is 52.2 Å². The van der Waals surface area contributed by atoms with Gasteiger partial charge in [0.15, 0.2) is 0 Å². The molecule has 2 aromatic rings. The highest BCUT2D eigenvalue weighted by atomic mass is 35.5. The normalized spacial score (nSPS) is 10.7. The number of aromatic nitrogens is 1. The highest BCUT2D eigenvalue weighted by Crippen LogP contribution is 2.32. The van der Waals surface area contributed by atoms with Crippen LogP contribution in [0.25, 0.3) is 0 Å². The lowest BCUT2D eigenvalue weighted by Crippen LogP contribution is -2.04. The molecule has 0 saturated carbocycles. The van der Waals surface area contributed by atoms with Crippen LogP contribution in [-0.2, 0) is 0 Å². The van der Waals surface area contributed by atoms with Crippen molar-refractivity contribution in [2.24, 2.45) is 0 Å². The minimum Gasteiger partial charge on any atom is -0.478 e. The molecule has 0 saturated heterocycles. The fourth-order valence-corrected chi connectivity index (χ4v) is 2.32. The van der Waals surface area contributed by atoms with Gasteiger partial charge in [-0.2, -0.15) is 0 Å². The molecule has 0 atom stereocenters. The summed E-state index contributed by atoms with van der Waals surface area (Å²) in [6.45, 7) is 6.23. The van der Waals surface area contributed by atoms with Crippen molar-refractivity contribution in [3.8, 4) is 0 Å². The van der Waals surface area contributed by atoms with Crippen LogP contribution in [0.15, 0.2) is 30.5 Å². The number of aromatic carboxylic acids is 1. The molecule has 2 rings (SSSR count). The number of carboxylic acid groups (broad SMARTS) is 1. The summed E-state index contributed by atoms with van der Waals surface area (Å²) in [6.07, 6.45) is 1.30. The Balaban J connectivity index is 2.41. The van der Waals surface area contributed by atoms with Crippen LogP contribution in [-0.4, -0.2) is 16.1 Å². The first kappa shape index (κ1) is 15.3. The van der Waals surface area contributed by atoms with E-state index in [4.69, 9.17) is 16.7 Å². The van der Waals surface area contributed by atoms with Gasteiger partial charge in [-0.15, -0.1) is 0 Å². The number of rotatable bonds is 4. The van der Waals surface area contributed by atoms with Gasteiger partial charge in [0.2, 0.25) is 0 Å². The van der Waals surface area contributed by atoms with E-state index in [-0.39, 0.29) is 10.6 Å². The van der Waals surface area contributed by atoms with E-state index in [9.17, 15) is 4.79 Å². The number of carbonyl (C=O) groups is 1. The number of pyridine rings is 1. The molecule has 0 radical (unpaired) electrons. The highest BCUT2D eigenvalue weighted by molar-refractivity contribution is 6.33. The number of hydrogen-bond donors (Lipinski definition) is 2. The number of halogens is 1. The maximum atomic E-state index is 10.9. The summed E-state index contributed by atoms with van der Waals surface area (Å²) in [5.41, 5.74) is 3.28. The molecular weight excluding hydrogens is 288 g/mol. The minimum absolute atomic E-state index is 0.0689. The van der Waals surface area contributed by atoms with Crippen LogP contribution in [0, 0.1) is 6.92 Å². The number of aryl methyl sites for hydroxylation is 1. The highest BCUT2D eigenvalue weighted by Gasteiger charge is 2.13. The first-order valence-electron chi connectivity index (χ1n) is 6.65. The molecule has 5 heteroatoms. The number of benzene rings is 1. The van der Waals surface area contributed by atoms with Crippen molar-refractivity contribution >= 4 is 29.1 Å². The van der Waals surface area contributed by atoms with Crippen molar-refractivity contribution in [1.29, 1.82) is 0 Å². The molecule has 0 aliphatic rings. The zero-order chi connectivity index (χ0) is 15.6. The monoisotopic (exact) mass is 304 g/mol. The maximum Gasteiger partial charge on any atom is 0.337 e. The average Bonchev–Trinajstić information content (AvgIpc) is 2.42. The molecule has 0 fully saturated rings. The van der Waals surface area contributed by atoms with Gasteiger partial charge in [-0.1, -0.05) is 43.6 Å². The predicted octanol–water partition coefficient (Wildman–Crippen LogP) is 4.61. The van der Waals surface area contributed by atoms with Crippen molar-refractivity contribution < 1.29 is 9.90 Å². The number of hydrogen-bond acceptors (Lipinski definition) is 3. The molecule has 1 aromatic carbocycles. The van der Waals surface area contributed by atoms with Gasteiger partial charge in [0.05, 0.1) is 10.6 Å². The van der Waals surface area contributed by atoms with E-state index in [0.29, 0.717) is 11.7 Å². The third-order valence-electron chi connectivity index (χ3n) is 3.26. The minimum atomic E-state index is -1.05. The molecule has 0 unspecified atom stereocenters. The Morgan fingerprint density at radius 2 is 2.10 bits per heavy atom. The maximum absolute atomic E-state index is 10.9. The van der Waals surface area contributed by atoms with Gasteiger partial charge < -0.3 is 10.4 Å². The molecule has 110 valence electrons. The fraction of sp³-hybridized carbons (Fsp3) is 0.250. The summed E-state index contributed by atoms with van der Waals surface area (Å²) in [6, 6.07) is 7.47. The third-order valence-corrected chi connectivity index (χ3v) is 3.55. The molecule has 21 heavy (non-hydrogen) atoms. The third kappa shape index (κ3) is 3.34. The Morgan fingerprint density at radius 3 is 2.67 bits per heavy atom. The fourth-order valence-electron chi connectivity index (χ4n) is 2.11. The zero-order valence-corrected chi connectivity index (χ0v) is 12.9. The first-order chi connectivity index (χ1) is 9.90. The van der Waals surface area contributed by atoms with E-state index in [2.05, 4.69) is 30.2 Å². The number of carboxylic acids is 1. The van der Waals surface area contributed by atoms with E-state index in [0.717, 1.165) is 16.8 Å². The van der Waals surface area contributed by atoms with E-state index >= 15 is 0 Å². The zero-order valence-electron chi connectivity index (χ0n) is 12.1. The summed E-state index contributed by atoms with van der Waals surface area (Å²) in [4.78, 5) is 15.0. The molecule has 0 amide bonds. The van der Waals surface area contributed by atoms with Gasteiger partial charge in [-0.05, 0) is 30.0 Å². The summed E-state index contributed by atoms with van der Waals surface area (Å²) in [7, 11) is 0. The molecule has 2 N–H and O–H groups in total. The Labute approximate surface area is 128 Å². The number of anilines is 2. The molecular formula is C16H17ClN2O2. The molecule has 0 spiro atoms. The molecule has 0 aliphatic carbocycles. The molecule has 0 aliphatic heterocycles. The van der Waals surface area contributed by atoms with Gasteiger partial charge in [0.25, 0.3) is 0 Å². The van der Waals surface area contributed by atoms with Gasteiger partial charge in [0.1, 0.15) is 5.82 Å². The van der Waals surface area contributed by atoms with Crippen LogP contribution in [0.1, 0.15) is 41.3 Å². The van der Waals surface area contributed by atoms with Crippen LogP contribution in [0.3, 0.4) is 0 Å². The quantitative estimate of drug-likeness (QED) is 0.866. The van der Waals surface area contributed by atoms with Crippen LogP contribution in [0.2, 0.25) is 5.02 Å². The van der Waals surface area contributed by atoms with Crippen LogP contribution >= 0.6 is 11.6 Å². The summed E-state index contributed by atoms with van der Waals surface area (Å²) in [5.74, 6) is -0.239. The molecule has 0 bridgehead atoms. The van der Waals surface area contributed by atoms with Crippen molar-refractivity contribution in [1.82, 2.24) is 4.98 Å². The SMILES string of the molecule is Cc1cccc(C(C)C)c1Nc1ncc(C(=O)O)cc1Cl. The summed E-state index contributed by atoms with van der Waals surface area (Å²) in [5, 5.41) is 12.4. The smallest absolute Gasteiger partial charge is 0.337 e. The number of nitrogens with zero attached hydrogens (tertiary/aromatic N) is 1. The standard InChI is InChI=1S/C16H17ClN2O2/c1-9(2)12-6-4-5-10(3)14(12)19-15-13(17)7-11(8-18-15)16(20)21/h4-9H,1-3H3,(H,18,19)(H,20,21). The summed E-state index contributed by atoms with van der Waals surface area (Å²) >= 11 is 6.12. The first-order valence-corrected chi connectivity index (χ1v) is 7.03. The average molecular weight is 305 g/mol. The van der Waals surface area contributed by atoms with Crippen molar-refractivity contribution in [3.63, 3.8) is 0 Å². The Hall–Kier alpha value is -2.07. The van der Waals surface area contributed by atoms with E-state index in [1.54, 1.807) is 0 Å². The molecule has 4 nitrogen and oxygen atoms in total. The van der Waals surface area contributed by atoms with Crippen LogP contribution < -0.4 is 5.32 Å². The second-order valence-corrected chi connectivity index (χ2v) is 5.59. The predicted molar refractivity (Wildman–Crippen MR) is 84.8 cm³/mol. The Morgan fingerprint density at radius 1 is 1.38 bits per heavy atom. The van der Waals surface area contributed by atoms with Gasteiger partial charge in [-0.25, -0.2) is 9.78 Å². The van der Waals surface area contributed by atoms with E-state index < -0.39 is 5.97 Å². The van der Waals surface area contributed by atoms with Crippen molar-refractivity contribution in [2.45, 2.75) is 26.7 Å². The number of nitrogens with one attached hydrogen (secondary N) is 1. The second kappa shape index (κ2) is 6.14. The topological polar surface area (TPSA) is 62.2 Å². The second-order valence-electron chi connectivity index (χ2n) is 5.18. The summed E-state index contributed by atoms with van der Waals surface area (Å²) < 4.78 is 0. The van der Waals surface area contributed by atoms with Gasteiger partial charge in [-0.3, -0.25) is 0 Å². The van der Waals surface area contributed by atoms with E-state index in [1.807, 2.05) is 19.1 Å². The van der Waals surface area contributed by atoms with Crippen LogP contribution in [0.5, 0.6) is 0 Å². The van der Waals surface area contributed by atoms with E-state index in [1.165, 1.54) is 12.3 Å². The van der Waals surface area contributed by atoms with Crippen molar-refractivity contribution in [2.75, 3.05) is 5.32 Å². The Kier molecular flexibility index (Phi) is 4.48. The van der Waals surface area contributed by atoms with Gasteiger partial charge >= 0.3 is 5.97 Å².